The van der Waals surface area contributed by atoms with Crippen molar-refractivity contribution >= 4 is 15.6 Å². The molecule has 1 aromatic rings. The molecule has 20 heavy (non-hydrogen) atoms. The number of nitrogens with one attached hydrogen (secondary N) is 1. The van der Waals surface area contributed by atoms with Crippen molar-refractivity contribution in [3.63, 3.8) is 0 Å². The second kappa shape index (κ2) is 5.90. The Hall–Kier alpha value is -0.801. The molecule has 0 bridgehead atoms. The zero-order chi connectivity index (χ0) is 15.0. The van der Waals surface area contributed by atoms with Gasteiger partial charge in [-0.3, -0.25) is 0 Å². The number of aliphatic hydroxyl groups is 3. The number of nitrogens with two attached hydrogens (primary N) is 1. The third-order valence-corrected chi connectivity index (χ3v) is 3.93. The van der Waals surface area contributed by atoms with Gasteiger partial charge in [-0.2, -0.15) is 0 Å². The van der Waals surface area contributed by atoms with Gasteiger partial charge in [-0.1, -0.05) is 0 Å². The first-order valence-electron chi connectivity index (χ1n) is 6.10. The van der Waals surface area contributed by atoms with Gasteiger partial charge in [0.1, 0.15) is 0 Å². The first-order chi connectivity index (χ1) is 9.36. The summed E-state index contributed by atoms with van der Waals surface area (Å²) in [6.45, 7) is 1.24. The van der Waals surface area contributed by atoms with Gasteiger partial charge in [0.05, 0.1) is 0 Å². The predicted octanol–water partition coefficient (Wildman–Crippen LogP) is -2.49. The molecule has 1 aromatic heterocycles. The Balaban J connectivity index is 2.46. The van der Waals surface area contributed by atoms with E-state index in [1.807, 2.05) is 0 Å². The van der Waals surface area contributed by atoms with Gasteiger partial charge in [-0.05, 0) is 0 Å². The van der Waals surface area contributed by atoms with E-state index < -0.39 is 37.2 Å². The van der Waals surface area contributed by atoms with E-state index in [-0.39, 0.29) is 5.56 Å². The van der Waals surface area contributed by atoms with Gasteiger partial charge < -0.3 is 0 Å². The average Bonchev–Trinajstić information content (AvgIpc) is 2.66. The molecular formula is C11H17N3O5Se. The van der Waals surface area contributed by atoms with Gasteiger partial charge in [0.25, 0.3) is 0 Å². The van der Waals surface area contributed by atoms with Crippen LogP contribution in [0.15, 0.2) is 11.0 Å². The van der Waals surface area contributed by atoms with Gasteiger partial charge in [0.2, 0.25) is 0 Å². The predicted molar refractivity (Wildman–Crippen MR) is 69.7 cm³/mol. The van der Waals surface area contributed by atoms with Crippen molar-refractivity contribution in [3.05, 3.63) is 26.4 Å². The van der Waals surface area contributed by atoms with Crippen molar-refractivity contribution < 1.29 is 20.1 Å². The van der Waals surface area contributed by atoms with Crippen LogP contribution in [0.4, 0.5) is 0 Å². The van der Waals surface area contributed by atoms with Crippen molar-refractivity contribution in [1.82, 2.24) is 9.55 Å². The van der Waals surface area contributed by atoms with Crippen molar-refractivity contribution in [2.24, 2.45) is 5.73 Å². The molecule has 8 nitrogen and oxygen atoms in total. The average molecular weight is 350 g/mol. The van der Waals surface area contributed by atoms with Gasteiger partial charge in [-0.15, -0.1) is 0 Å². The Labute approximate surface area is 122 Å². The van der Waals surface area contributed by atoms with Crippen LogP contribution >= 0.6 is 0 Å². The molecule has 9 heteroatoms. The molecule has 0 saturated carbocycles. The molecule has 0 spiro atoms. The van der Waals surface area contributed by atoms with Crippen molar-refractivity contribution in [3.8, 4) is 0 Å². The van der Waals surface area contributed by atoms with Crippen LogP contribution in [0.1, 0.15) is 24.8 Å². The molecule has 1 saturated heterocycles. The molecule has 0 aliphatic carbocycles. The second-order valence-corrected chi connectivity index (χ2v) is 5.58. The molecule has 0 aromatic carbocycles. The Morgan fingerprint density at radius 1 is 1.55 bits per heavy atom. The number of aliphatic hydroxyl groups excluding tert-OH is 3. The summed E-state index contributed by atoms with van der Waals surface area (Å²) in [7, 11) is 0. The van der Waals surface area contributed by atoms with Gasteiger partial charge in [0.15, 0.2) is 0 Å². The number of aromatic nitrogens is 2. The number of aromatic amines is 1. The molecule has 6 N–H and O–H groups in total. The van der Waals surface area contributed by atoms with Crippen molar-refractivity contribution in [1.29, 1.82) is 0 Å². The molecule has 2 heterocycles. The topological polar surface area (TPSA) is 134 Å². The van der Waals surface area contributed by atoms with Crippen LogP contribution in [0, 0.1) is 4.32 Å². The molecular weight excluding hydrogens is 333 g/mol. The Morgan fingerprint density at radius 3 is 2.70 bits per heavy atom. The summed E-state index contributed by atoms with van der Waals surface area (Å²) >= 11 is 2.65. The number of hydrogen-bond acceptors (Lipinski definition) is 6. The SMILES string of the molecule is CC(N)c1cn([C@@H]2O[C@H](CO)[C@@H](O)[C@H]2O)c(=[Se])[nH]c1=O. The van der Waals surface area contributed by atoms with Crippen LogP contribution < -0.4 is 11.3 Å². The molecule has 1 aliphatic heterocycles. The van der Waals surface area contributed by atoms with E-state index in [0.29, 0.717) is 9.89 Å². The third-order valence-electron chi connectivity index (χ3n) is 3.28. The standard InChI is InChI=1S/C11H17N3O5Se/c1-4(12)5-2-14(11(20)13-9(5)18)10-8(17)7(16)6(3-15)19-10/h2,4,6-8,10,15-17H,3,12H2,1H3,(H,13,18,20)/t4?,6-,7-,8-,10-/m1/s1. The Morgan fingerprint density at radius 2 is 2.20 bits per heavy atom. The quantitative estimate of drug-likeness (QED) is 0.383. The summed E-state index contributed by atoms with van der Waals surface area (Å²) in [5, 5.41) is 28.8. The molecule has 2 rings (SSSR count). The van der Waals surface area contributed by atoms with E-state index in [2.05, 4.69) is 20.6 Å². The zero-order valence-electron chi connectivity index (χ0n) is 10.8. The monoisotopic (exact) mass is 351 g/mol. The molecule has 1 fully saturated rings. The number of ether oxygens (including phenoxy) is 1. The normalized spacial score (nSPS) is 31.4. The Bertz CT molecular complexity index is 598. The number of nitrogens with zero attached hydrogens (tertiary/aromatic N) is 1. The summed E-state index contributed by atoms with van der Waals surface area (Å²) in [5.41, 5.74) is 5.70. The van der Waals surface area contributed by atoms with Gasteiger partial charge in [-0.25, -0.2) is 0 Å². The van der Waals surface area contributed by atoms with Gasteiger partial charge >= 0.3 is 121 Å². The van der Waals surface area contributed by atoms with E-state index in [0.717, 1.165) is 0 Å². The third kappa shape index (κ3) is 2.66. The fraction of sp³-hybridized carbons (Fsp3) is 0.636. The number of rotatable bonds is 3. The molecule has 0 radical (unpaired) electrons. The molecule has 1 unspecified atom stereocenters. The second-order valence-electron chi connectivity index (χ2n) is 4.77. The van der Waals surface area contributed by atoms with Crippen LogP contribution in [-0.2, 0) is 4.74 Å². The fourth-order valence-corrected chi connectivity index (χ4v) is 2.65. The summed E-state index contributed by atoms with van der Waals surface area (Å²) in [6, 6.07) is -0.497. The molecule has 1 aliphatic rings. The molecule has 5 atom stereocenters. The number of H-pyrrole nitrogens is 1. The van der Waals surface area contributed by atoms with E-state index >= 15 is 0 Å². The van der Waals surface area contributed by atoms with Crippen LogP contribution in [-0.4, -0.2) is 65.4 Å². The summed E-state index contributed by atoms with van der Waals surface area (Å²) in [4.78, 5) is 14.3. The van der Waals surface area contributed by atoms with Crippen LogP contribution in [0.2, 0.25) is 0 Å². The fourth-order valence-electron chi connectivity index (χ4n) is 2.12. The number of hydrogen-bond donors (Lipinski definition) is 5. The summed E-state index contributed by atoms with van der Waals surface area (Å²) in [6.07, 6.45) is -2.77. The zero-order valence-corrected chi connectivity index (χ0v) is 12.5. The first kappa shape index (κ1) is 15.6. The first-order valence-corrected chi connectivity index (χ1v) is 6.96. The molecule has 112 valence electrons. The van der Waals surface area contributed by atoms with E-state index in [4.69, 9.17) is 15.6 Å². The van der Waals surface area contributed by atoms with Crippen LogP contribution in [0.5, 0.6) is 0 Å². The maximum atomic E-state index is 11.8. The van der Waals surface area contributed by atoms with Crippen LogP contribution in [0.25, 0.3) is 0 Å². The maximum absolute atomic E-state index is 11.8. The Kier molecular flexibility index (Phi) is 4.60. The van der Waals surface area contributed by atoms with Crippen molar-refractivity contribution in [2.75, 3.05) is 6.61 Å². The van der Waals surface area contributed by atoms with Gasteiger partial charge in [0, 0.05) is 0 Å². The van der Waals surface area contributed by atoms with Crippen molar-refractivity contribution in [2.45, 2.75) is 37.5 Å². The summed E-state index contributed by atoms with van der Waals surface area (Å²) in [5.74, 6) is 0. The minimum atomic E-state index is -1.23. The summed E-state index contributed by atoms with van der Waals surface area (Å²) < 4.78 is 7.18. The van der Waals surface area contributed by atoms with Crippen LogP contribution in [0.3, 0.4) is 0 Å². The van der Waals surface area contributed by atoms with E-state index in [9.17, 15) is 15.0 Å². The molecule has 0 amide bonds. The minimum absolute atomic E-state index is 0.321. The van der Waals surface area contributed by atoms with E-state index in [1.165, 1.54) is 10.8 Å². The van der Waals surface area contributed by atoms with E-state index in [1.54, 1.807) is 6.92 Å².